The van der Waals surface area contributed by atoms with Crippen molar-refractivity contribution in [1.29, 1.82) is 0 Å². The molecular weight excluding hydrogens is 568 g/mol. The third-order valence-corrected chi connectivity index (χ3v) is 8.74. The molecule has 2 fully saturated rings. The Hall–Kier alpha value is -3.74. The zero-order valence-electron chi connectivity index (χ0n) is 21.7. The highest BCUT2D eigenvalue weighted by atomic mass is 35.5. The zero-order valence-corrected chi connectivity index (χ0v) is 22.4. The predicted molar refractivity (Wildman–Crippen MR) is 140 cm³/mol. The molecule has 41 heavy (non-hydrogen) atoms. The van der Waals surface area contributed by atoms with Crippen molar-refractivity contribution in [3.63, 3.8) is 0 Å². The molecule has 5 heterocycles. The van der Waals surface area contributed by atoms with Crippen molar-refractivity contribution in [2.75, 3.05) is 31.1 Å². The van der Waals surface area contributed by atoms with Gasteiger partial charge in [-0.25, -0.2) is 9.37 Å². The Morgan fingerprint density at radius 3 is 2.61 bits per heavy atom. The minimum Gasteiger partial charge on any atom is -0.338 e. The number of aromatic nitrogens is 3. The highest BCUT2D eigenvalue weighted by Gasteiger charge is 2.55. The van der Waals surface area contributed by atoms with Crippen LogP contribution in [0.2, 0.25) is 5.02 Å². The predicted octanol–water partition coefficient (Wildman–Crippen LogP) is 4.21. The number of piperidine rings is 1. The molecule has 2 saturated heterocycles. The smallest absolute Gasteiger partial charge is 0.338 e. The van der Waals surface area contributed by atoms with E-state index in [1.165, 1.54) is 22.1 Å². The number of pyridine rings is 1. The number of hydrogen-bond acceptors (Lipinski definition) is 5. The molecule has 0 saturated carbocycles. The Balaban J connectivity index is 1.24. The second-order valence-electron chi connectivity index (χ2n) is 10.7. The monoisotopic (exact) mass is 592 g/mol. The van der Waals surface area contributed by atoms with Gasteiger partial charge in [-0.05, 0) is 49.9 Å². The molecule has 3 aliphatic heterocycles. The van der Waals surface area contributed by atoms with Crippen LogP contribution in [0.25, 0.3) is 11.0 Å². The van der Waals surface area contributed by atoms with E-state index in [2.05, 4.69) is 15.2 Å². The van der Waals surface area contributed by atoms with Crippen molar-refractivity contribution in [2.24, 2.45) is 0 Å². The van der Waals surface area contributed by atoms with Crippen LogP contribution in [0.3, 0.4) is 0 Å². The van der Waals surface area contributed by atoms with Crippen LogP contribution in [0.4, 0.5) is 23.2 Å². The van der Waals surface area contributed by atoms with Crippen LogP contribution in [0.15, 0.2) is 30.5 Å². The van der Waals surface area contributed by atoms with E-state index in [-0.39, 0.29) is 66.8 Å². The van der Waals surface area contributed by atoms with Gasteiger partial charge in [-0.2, -0.15) is 18.3 Å². The minimum atomic E-state index is -4.43. The lowest BCUT2D eigenvalue weighted by atomic mass is 9.73. The number of likely N-dealkylation sites (tertiary alicyclic amines) is 2. The number of carbonyl (C=O) groups excluding carboxylic acids is 3. The highest BCUT2D eigenvalue weighted by Crippen LogP contribution is 2.51. The van der Waals surface area contributed by atoms with Crippen LogP contribution in [-0.4, -0.2) is 81.1 Å². The van der Waals surface area contributed by atoms with Crippen LogP contribution < -0.4 is 4.90 Å². The molecule has 6 rings (SSSR count). The lowest BCUT2D eigenvalue weighted by Gasteiger charge is -2.38. The first kappa shape index (κ1) is 27.4. The molecule has 1 unspecified atom stereocenters. The Kier molecular flexibility index (Phi) is 6.67. The van der Waals surface area contributed by atoms with E-state index < -0.39 is 48.2 Å². The summed E-state index contributed by atoms with van der Waals surface area (Å²) in [5, 5.41) is 6.43. The first-order chi connectivity index (χ1) is 19.5. The van der Waals surface area contributed by atoms with Gasteiger partial charge >= 0.3 is 6.18 Å². The van der Waals surface area contributed by atoms with Gasteiger partial charge in [0.25, 0.3) is 5.91 Å². The largest absolute Gasteiger partial charge is 0.391 e. The van der Waals surface area contributed by atoms with E-state index >= 15 is 0 Å². The fourth-order valence-electron chi connectivity index (χ4n) is 6.39. The molecule has 216 valence electrons. The van der Waals surface area contributed by atoms with Crippen molar-refractivity contribution in [3.8, 4) is 0 Å². The topological polar surface area (TPSA) is 102 Å². The number of nitrogens with zero attached hydrogens (tertiary/aromatic N) is 5. The number of H-pyrrole nitrogens is 1. The summed E-state index contributed by atoms with van der Waals surface area (Å²) in [6.45, 7) is -0.0340. The molecule has 1 atom stereocenters. The number of fused-ring (bicyclic) bond motifs is 3. The summed E-state index contributed by atoms with van der Waals surface area (Å²) in [6, 6.07) is 4.75. The summed E-state index contributed by atoms with van der Waals surface area (Å²) >= 11 is 6.42. The van der Waals surface area contributed by atoms with Crippen molar-refractivity contribution in [3.05, 3.63) is 52.6 Å². The Bertz CT molecular complexity index is 1550. The Morgan fingerprint density at radius 2 is 1.88 bits per heavy atom. The minimum absolute atomic E-state index is 0.118. The van der Waals surface area contributed by atoms with E-state index in [0.29, 0.717) is 17.5 Å². The third-order valence-electron chi connectivity index (χ3n) is 8.37. The molecule has 3 amide bonds. The van der Waals surface area contributed by atoms with Crippen LogP contribution in [0, 0.1) is 5.82 Å². The lowest BCUT2D eigenvalue weighted by molar-refractivity contribution is -0.151. The number of anilines is 1. The normalized spacial score (nSPS) is 20.4. The maximum absolute atomic E-state index is 14.7. The van der Waals surface area contributed by atoms with Crippen molar-refractivity contribution >= 4 is 46.0 Å². The number of nitrogens with one attached hydrogen (secondary N) is 1. The molecule has 14 heteroatoms. The number of benzene rings is 1. The second kappa shape index (κ2) is 9.97. The average molecular weight is 593 g/mol. The summed E-state index contributed by atoms with van der Waals surface area (Å²) in [5.41, 5.74) is 0.635. The lowest BCUT2D eigenvalue weighted by Crippen LogP contribution is -2.52. The highest BCUT2D eigenvalue weighted by molar-refractivity contribution is 6.33. The summed E-state index contributed by atoms with van der Waals surface area (Å²) in [4.78, 5) is 48.7. The van der Waals surface area contributed by atoms with E-state index in [4.69, 9.17) is 11.6 Å². The molecule has 1 aromatic carbocycles. The maximum atomic E-state index is 14.7. The molecule has 0 bridgehead atoms. The Labute approximate surface area is 236 Å². The van der Waals surface area contributed by atoms with Gasteiger partial charge in [-0.3, -0.25) is 19.5 Å². The van der Waals surface area contributed by atoms with Crippen LogP contribution in [-0.2, 0) is 15.0 Å². The molecule has 2 aromatic heterocycles. The number of hydrogen-bond donors (Lipinski definition) is 1. The number of carbonyl (C=O) groups is 3. The van der Waals surface area contributed by atoms with Crippen LogP contribution >= 0.6 is 11.6 Å². The van der Waals surface area contributed by atoms with Gasteiger partial charge in [0.15, 0.2) is 0 Å². The van der Waals surface area contributed by atoms with E-state index in [1.54, 1.807) is 17.0 Å². The molecule has 1 N–H and O–H groups in total. The van der Waals surface area contributed by atoms with Gasteiger partial charge in [-0.1, -0.05) is 11.6 Å². The van der Waals surface area contributed by atoms with E-state index in [9.17, 15) is 31.9 Å². The number of alkyl halides is 3. The van der Waals surface area contributed by atoms with Gasteiger partial charge < -0.3 is 14.7 Å². The van der Waals surface area contributed by atoms with Crippen LogP contribution in [0.5, 0.6) is 0 Å². The number of amides is 3. The number of halogens is 5. The van der Waals surface area contributed by atoms with Crippen molar-refractivity contribution in [1.82, 2.24) is 25.0 Å². The summed E-state index contributed by atoms with van der Waals surface area (Å²) in [7, 11) is 0. The average Bonchev–Trinajstić information content (AvgIpc) is 3.64. The SMILES string of the molecule is O=C(c1ccc2[nH]ncc2n1)N1CCC2(CC1)C(=O)N(CC(=O)N1CCCC1CC(F)(F)F)c1ccc(F)c(Cl)c12. The van der Waals surface area contributed by atoms with Crippen LogP contribution in [0.1, 0.15) is 48.2 Å². The standard InChI is InChI=1S/C27H25ClF4N6O3/c28-23-16(29)3-6-20-22(23)26(25(41)38(20)14-21(39)37-9-1-2-15(37)12-27(30,31)32)7-10-36(11-8-26)24(40)18-5-4-17-19(34-18)13-33-35-17/h3-6,13,15H,1-2,7-12,14H2,(H,33,35). The zero-order chi connectivity index (χ0) is 29.1. The second-order valence-corrected chi connectivity index (χ2v) is 11.1. The quantitative estimate of drug-likeness (QED) is 0.457. The van der Waals surface area contributed by atoms with Gasteiger partial charge in [-0.15, -0.1) is 0 Å². The molecule has 9 nitrogen and oxygen atoms in total. The first-order valence-corrected chi connectivity index (χ1v) is 13.6. The van der Waals surface area contributed by atoms with Gasteiger partial charge in [0, 0.05) is 31.2 Å². The fraction of sp³-hybridized carbons (Fsp3) is 0.444. The van der Waals surface area contributed by atoms with Gasteiger partial charge in [0.1, 0.15) is 23.6 Å². The van der Waals surface area contributed by atoms with E-state index in [0.717, 1.165) is 6.07 Å². The molecule has 0 radical (unpaired) electrons. The van der Waals surface area contributed by atoms with E-state index in [1.807, 2.05) is 0 Å². The molecule has 1 spiro atoms. The number of aromatic amines is 1. The summed E-state index contributed by atoms with van der Waals surface area (Å²) in [6.07, 6.45) is -3.14. The summed E-state index contributed by atoms with van der Waals surface area (Å²) in [5.74, 6) is -2.16. The van der Waals surface area contributed by atoms with Gasteiger partial charge in [0.05, 0.1) is 34.3 Å². The first-order valence-electron chi connectivity index (χ1n) is 13.2. The molecule has 3 aromatic rings. The van der Waals surface area contributed by atoms with Crippen molar-refractivity contribution < 1.29 is 31.9 Å². The third kappa shape index (κ3) is 4.69. The molecule has 3 aliphatic rings. The molecule has 0 aliphatic carbocycles. The fourth-order valence-corrected chi connectivity index (χ4v) is 6.73. The number of rotatable bonds is 4. The van der Waals surface area contributed by atoms with Gasteiger partial charge in [0.2, 0.25) is 11.8 Å². The maximum Gasteiger partial charge on any atom is 0.391 e. The summed E-state index contributed by atoms with van der Waals surface area (Å²) < 4.78 is 54.0. The van der Waals surface area contributed by atoms with Crippen molar-refractivity contribution in [2.45, 2.75) is 49.7 Å². The Morgan fingerprint density at radius 1 is 1.12 bits per heavy atom. The molecular formula is C27H25ClF4N6O3.